The molecule has 0 aromatic heterocycles. The van der Waals surface area contributed by atoms with E-state index >= 15 is 0 Å². The Morgan fingerprint density at radius 1 is 1.09 bits per heavy atom. The molecule has 1 aromatic carbocycles. The first-order valence-corrected chi connectivity index (χ1v) is 8.20. The van der Waals surface area contributed by atoms with Crippen molar-refractivity contribution in [1.82, 2.24) is 4.90 Å². The Hall–Kier alpha value is -2.17. The fourth-order valence-corrected chi connectivity index (χ4v) is 2.80. The zero-order chi connectivity index (χ0) is 17.1. The van der Waals surface area contributed by atoms with Gasteiger partial charge in [-0.15, -0.1) is 0 Å². The van der Waals surface area contributed by atoms with Crippen LogP contribution in [-0.4, -0.2) is 29.2 Å². The van der Waals surface area contributed by atoms with E-state index in [1.807, 2.05) is 27.7 Å². The highest BCUT2D eigenvalue weighted by Crippen LogP contribution is 2.27. The minimum Gasteiger partial charge on any atom is -0.326 e. The molecule has 0 fully saturated rings. The van der Waals surface area contributed by atoms with Crippen molar-refractivity contribution in [1.29, 1.82) is 0 Å². The lowest BCUT2D eigenvalue weighted by Crippen LogP contribution is -2.33. The van der Waals surface area contributed by atoms with Crippen LogP contribution in [0.5, 0.6) is 0 Å². The highest BCUT2D eigenvalue weighted by Gasteiger charge is 2.35. The topological polar surface area (TPSA) is 66.5 Å². The third kappa shape index (κ3) is 3.44. The van der Waals surface area contributed by atoms with E-state index in [1.165, 1.54) is 4.90 Å². The van der Waals surface area contributed by atoms with Crippen LogP contribution in [0, 0.1) is 11.8 Å². The SMILES string of the molecule is CCC(CC)C(=O)Nc1ccc2c(c1)C(=O)N(CC(C)C)C2=O. The van der Waals surface area contributed by atoms with Gasteiger partial charge in [-0.3, -0.25) is 19.3 Å². The van der Waals surface area contributed by atoms with E-state index in [1.54, 1.807) is 18.2 Å². The van der Waals surface area contributed by atoms with Gasteiger partial charge in [-0.25, -0.2) is 0 Å². The highest BCUT2D eigenvalue weighted by atomic mass is 16.2. The molecule has 0 saturated carbocycles. The monoisotopic (exact) mass is 316 g/mol. The van der Waals surface area contributed by atoms with Gasteiger partial charge < -0.3 is 5.32 Å². The number of anilines is 1. The number of nitrogens with one attached hydrogen (secondary N) is 1. The van der Waals surface area contributed by atoms with E-state index in [4.69, 9.17) is 0 Å². The minimum absolute atomic E-state index is 0.0435. The first kappa shape index (κ1) is 17.2. The van der Waals surface area contributed by atoms with Crippen molar-refractivity contribution in [2.45, 2.75) is 40.5 Å². The number of nitrogens with zero attached hydrogens (tertiary/aromatic N) is 1. The van der Waals surface area contributed by atoms with Gasteiger partial charge in [-0.05, 0) is 37.0 Å². The van der Waals surface area contributed by atoms with Crippen LogP contribution < -0.4 is 5.32 Å². The lowest BCUT2D eigenvalue weighted by atomic mass is 10.0. The van der Waals surface area contributed by atoms with Crippen molar-refractivity contribution in [3.05, 3.63) is 29.3 Å². The predicted molar refractivity (Wildman–Crippen MR) is 89.3 cm³/mol. The summed E-state index contributed by atoms with van der Waals surface area (Å²) < 4.78 is 0. The number of hydrogen-bond acceptors (Lipinski definition) is 3. The maximum Gasteiger partial charge on any atom is 0.261 e. The molecule has 23 heavy (non-hydrogen) atoms. The maximum absolute atomic E-state index is 12.4. The molecular weight excluding hydrogens is 292 g/mol. The Morgan fingerprint density at radius 3 is 2.26 bits per heavy atom. The van der Waals surface area contributed by atoms with Crippen LogP contribution in [0.4, 0.5) is 5.69 Å². The number of hydrogen-bond donors (Lipinski definition) is 1. The molecule has 1 N–H and O–H groups in total. The van der Waals surface area contributed by atoms with Gasteiger partial charge in [0, 0.05) is 18.2 Å². The zero-order valence-corrected chi connectivity index (χ0v) is 14.2. The average Bonchev–Trinajstić information content (AvgIpc) is 2.73. The second-order valence-electron chi connectivity index (χ2n) is 6.38. The zero-order valence-electron chi connectivity index (χ0n) is 14.2. The summed E-state index contributed by atoms with van der Waals surface area (Å²) in [7, 11) is 0. The molecule has 2 rings (SSSR count). The predicted octanol–water partition coefficient (Wildman–Crippen LogP) is 3.31. The lowest BCUT2D eigenvalue weighted by Gasteiger charge is -2.15. The van der Waals surface area contributed by atoms with Crippen LogP contribution in [0.25, 0.3) is 0 Å². The third-order valence-corrected chi connectivity index (χ3v) is 4.14. The molecule has 0 spiro atoms. The summed E-state index contributed by atoms with van der Waals surface area (Å²) in [6.45, 7) is 8.28. The van der Waals surface area contributed by atoms with Crippen molar-refractivity contribution in [2.24, 2.45) is 11.8 Å². The van der Waals surface area contributed by atoms with Gasteiger partial charge in [-0.2, -0.15) is 0 Å². The van der Waals surface area contributed by atoms with Crippen LogP contribution in [0.15, 0.2) is 18.2 Å². The normalized spacial score (nSPS) is 13.9. The van der Waals surface area contributed by atoms with Crippen molar-refractivity contribution in [2.75, 3.05) is 11.9 Å². The maximum atomic E-state index is 12.4. The quantitative estimate of drug-likeness (QED) is 0.819. The summed E-state index contributed by atoms with van der Waals surface area (Å²) in [5.74, 6) is -0.413. The van der Waals surface area contributed by atoms with Crippen molar-refractivity contribution in [3.8, 4) is 0 Å². The summed E-state index contributed by atoms with van der Waals surface area (Å²) in [5.41, 5.74) is 1.35. The fraction of sp³-hybridized carbons (Fsp3) is 0.500. The number of carbonyl (C=O) groups excluding carboxylic acids is 3. The van der Waals surface area contributed by atoms with Crippen LogP contribution in [0.3, 0.4) is 0 Å². The summed E-state index contributed by atoms with van der Waals surface area (Å²) in [4.78, 5) is 38.2. The van der Waals surface area contributed by atoms with Crippen LogP contribution in [0.1, 0.15) is 61.3 Å². The van der Waals surface area contributed by atoms with Gasteiger partial charge in [0.2, 0.25) is 5.91 Å². The first-order chi connectivity index (χ1) is 10.9. The minimum atomic E-state index is -0.280. The van der Waals surface area contributed by atoms with E-state index in [0.717, 1.165) is 12.8 Å². The number of amides is 3. The van der Waals surface area contributed by atoms with Gasteiger partial charge in [0.05, 0.1) is 11.1 Å². The molecule has 0 bridgehead atoms. The number of carbonyl (C=O) groups is 3. The molecule has 1 aliphatic heterocycles. The summed E-state index contributed by atoms with van der Waals surface area (Å²) in [5, 5.41) is 2.84. The summed E-state index contributed by atoms with van der Waals surface area (Å²) in [6, 6.07) is 4.91. The number of imide groups is 1. The summed E-state index contributed by atoms with van der Waals surface area (Å²) >= 11 is 0. The first-order valence-electron chi connectivity index (χ1n) is 8.20. The van der Waals surface area contributed by atoms with Gasteiger partial charge in [0.1, 0.15) is 0 Å². The van der Waals surface area contributed by atoms with E-state index in [9.17, 15) is 14.4 Å². The molecular formula is C18H24N2O3. The Balaban J connectivity index is 2.22. The Kier molecular flexibility index (Phi) is 5.19. The van der Waals surface area contributed by atoms with Crippen LogP contribution >= 0.6 is 0 Å². The molecule has 1 aliphatic rings. The largest absolute Gasteiger partial charge is 0.326 e. The van der Waals surface area contributed by atoms with Crippen molar-refractivity contribution in [3.63, 3.8) is 0 Å². The molecule has 0 radical (unpaired) electrons. The van der Waals surface area contributed by atoms with Gasteiger partial charge in [0.25, 0.3) is 11.8 Å². The lowest BCUT2D eigenvalue weighted by molar-refractivity contribution is -0.120. The van der Waals surface area contributed by atoms with E-state index in [-0.39, 0.29) is 29.6 Å². The smallest absolute Gasteiger partial charge is 0.261 e. The number of benzene rings is 1. The fourth-order valence-electron chi connectivity index (χ4n) is 2.80. The van der Waals surface area contributed by atoms with E-state index < -0.39 is 0 Å². The second kappa shape index (κ2) is 6.94. The Labute approximate surface area is 137 Å². The molecule has 0 atom stereocenters. The van der Waals surface area contributed by atoms with Crippen LogP contribution in [0.2, 0.25) is 0 Å². The Morgan fingerprint density at radius 2 is 1.70 bits per heavy atom. The molecule has 5 nitrogen and oxygen atoms in total. The molecule has 0 saturated heterocycles. The van der Waals surface area contributed by atoms with Crippen molar-refractivity contribution >= 4 is 23.4 Å². The van der Waals surface area contributed by atoms with Gasteiger partial charge in [0.15, 0.2) is 0 Å². The summed E-state index contributed by atoms with van der Waals surface area (Å²) in [6.07, 6.45) is 1.54. The standard InChI is InChI=1S/C18H24N2O3/c1-5-12(6-2)16(21)19-13-7-8-14-15(9-13)18(23)20(17(14)22)10-11(3)4/h7-9,11-12H,5-6,10H2,1-4H3,(H,19,21). The molecule has 5 heteroatoms. The highest BCUT2D eigenvalue weighted by molar-refractivity contribution is 6.21. The number of rotatable bonds is 6. The van der Waals surface area contributed by atoms with Crippen LogP contribution in [-0.2, 0) is 4.79 Å². The molecule has 124 valence electrons. The third-order valence-electron chi connectivity index (χ3n) is 4.14. The van der Waals surface area contributed by atoms with E-state index in [2.05, 4.69) is 5.32 Å². The van der Waals surface area contributed by atoms with Gasteiger partial charge in [-0.1, -0.05) is 27.7 Å². The van der Waals surface area contributed by atoms with Gasteiger partial charge >= 0.3 is 0 Å². The number of fused-ring (bicyclic) bond motifs is 1. The molecule has 1 aromatic rings. The molecule has 1 heterocycles. The Bertz CT molecular complexity index is 633. The molecule has 3 amide bonds. The average molecular weight is 316 g/mol. The van der Waals surface area contributed by atoms with E-state index in [0.29, 0.717) is 23.4 Å². The second-order valence-corrected chi connectivity index (χ2v) is 6.38. The molecule has 0 aliphatic carbocycles. The molecule has 0 unspecified atom stereocenters. The van der Waals surface area contributed by atoms with Crippen molar-refractivity contribution < 1.29 is 14.4 Å².